The van der Waals surface area contributed by atoms with Gasteiger partial charge in [0.2, 0.25) is 0 Å². The van der Waals surface area contributed by atoms with Crippen molar-refractivity contribution in [2.24, 2.45) is 11.7 Å². The van der Waals surface area contributed by atoms with Crippen LogP contribution in [0, 0.1) is 5.92 Å². The fourth-order valence-corrected chi connectivity index (χ4v) is 3.15. The Kier molecular flexibility index (Phi) is 3.56. The Morgan fingerprint density at radius 2 is 2.35 bits per heavy atom. The number of halogens is 1. The molecule has 0 spiro atoms. The second-order valence-corrected chi connectivity index (χ2v) is 6.28. The summed E-state index contributed by atoms with van der Waals surface area (Å²) in [6, 6.07) is 7.70. The highest BCUT2D eigenvalue weighted by molar-refractivity contribution is 9.10. The second-order valence-electron chi connectivity index (χ2n) is 5.43. The minimum absolute atomic E-state index is 0.0451. The Balaban J connectivity index is 1.84. The molecule has 1 aromatic carbocycles. The fourth-order valence-electron chi connectivity index (χ4n) is 2.69. The lowest BCUT2D eigenvalue weighted by molar-refractivity contribution is 0.0756. The Morgan fingerprint density at radius 1 is 1.55 bits per heavy atom. The van der Waals surface area contributed by atoms with Crippen LogP contribution in [0.15, 0.2) is 33.2 Å². The minimum atomic E-state index is -0.0451. The number of furan rings is 1. The van der Waals surface area contributed by atoms with E-state index in [0.717, 1.165) is 28.4 Å². The van der Waals surface area contributed by atoms with Gasteiger partial charge in [-0.05, 0) is 47.3 Å². The van der Waals surface area contributed by atoms with Gasteiger partial charge in [0.25, 0.3) is 5.91 Å². The van der Waals surface area contributed by atoms with Crippen molar-refractivity contribution in [2.75, 3.05) is 13.1 Å². The quantitative estimate of drug-likeness (QED) is 0.916. The molecule has 2 heterocycles. The van der Waals surface area contributed by atoms with E-state index in [2.05, 4.69) is 15.9 Å². The summed E-state index contributed by atoms with van der Waals surface area (Å²) >= 11 is 3.44. The zero-order valence-corrected chi connectivity index (χ0v) is 12.9. The molecule has 0 aliphatic carbocycles. The van der Waals surface area contributed by atoms with Crippen LogP contribution >= 0.6 is 15.9 Å². The van der Waals surface area contributed by atoms with Gasteiger partial charge in [-0.15, -0.1) is 0 Å². The zero-order valence-electron chi connectivity index (χ0n) is 11.3. The number of carbonyl (C=O) groups excluding carboxylic acids is 1. The molecular formula is C15H17BrN2O2. The topological polar surface area (TPSA) is 59.5 Å². The number of nitrogens with two attached hydrogens (primary N) is 1. The molecule has 106 valence electrons. The Labute approximate surface area is 126 Å². The number of hydrogen-bond acceptors (Lipinski definition) is 3. The molecule has 2 aromatic rings. The maximum atomic E-state index is 12.5. The molecule has 0 bridgehead atoms. The van der Waals surface area contributed by atoms with Gasteiger partial charge in [-0.3, -0.25) is 4.79 Å². The maximum Gasteiger partial charge on any atom is 0.289 e. The lowest BCUT2D eigenvalue weighted by Gasteiger charge is -2.16. The lowest BCUT2D eigenvalue weighted by Crippen LogP contribution is -2.32. The molecule has 1 fully saturated rings. The molecule has 5 heteroatoms. The maximum absolute atomic E-state index is 12.5. The number of likely N-dealkylation sites (tertiary alicyclic amines) is 1. The minimum Gasteiger partial charge on any atom is -0.450 e. The van der Waals surface area contributed by atoms with Crippen LogP contribution in [0.5, 0.6) is 0 Å². The molecule has 2 N–H and O–H groups in total. The smallest absolute Gasteiger partial charge is 0.289 e. The number of amides is 1. The van der Waals surface area contributed by atoms with Crippen molar-refractivity contribution in [2.45, 2.75) is 19.4 Å². The molecule has 2 atom stereocenters. The summed E-state index contributed by atoms with van der Waals surface area (Å²) in [5.41, 5.74) is 6.63. The average Bonchev–Trinajstić information content (AvgIpc) is 3.05. The third-order valence-electron chi connectivity index (χ3n) is 3.96. The highest BCUT2D eigenvalue weighted by Crippen LogP contribution is 2.28. The highest BCUT2D eigenvalue weighted by Gasteiger charge is 2.30. The third kappa shape index (κ3) is 2.36. The van der Waals surface area contributed by atoms with E-state index in [-0.39, 0.29) is 11.9 Å². The van der Waals surface area contributed by atoms with Crippen LogP contribution in [-0.4, -0.2) is 29.9 Å². The first-order chi connectivity index (χ1) is 9.56. The highest BCUT2D eigenvalue weighted by atomic mass is 79.9. The van der Waals surface area contributed by atoms with Gasteiger partial charge < -0.3 is 15.1 Å². The first-order valence-corrected chi connectivity index (χ1v) is 7.58. The Morgan fingerprint density at radius 3 is 3.00 bits per heavy atom. The first kappa shape index (κ1) is 13.6. The second kappa shape index (κ2) is 5.22. The molecule has 1 aliphatic rings. The van der Waals surface area contributed by atoms with Crippen molar-refractivity contribution in [3.05, 3.63) is 34.5 Å². The molecule has 0 radical (unpaired) electrons. The number of hydrogen-bond donors (Lipinski definition) is 1. The summed E-state index contributed by atoms with van der Waals surface area (Å²) in [7, 11) is 0. The summed E-state index contributed by atoms with van der Waals surface area (Å²) in [5.74, 6) is 0.739. The summed E-state index contributed by atoms with van der Waals surface area (Å²) < 4.78 is 6.56. The van der Waals surface area contributed by atoms with Crippen LogP contribution in [0.3, 0.4) is 0 Å². The van der Waals surface area contributed by atoms with Gasteiger partial charge in [-0.2, -0.15) is 0 Å². The molecule has 1 aromatic heterocycles. The van der Waals surface area contributed by atoms with Crippen molar-refractivity contribution in [3.8, 4) is 0 Å². The molecule has 3 rings (SSSR count). The number of benzene rings is 1. The first-order valence-electron chi connectivity index (χ1n) is 6.79. The van der Waals surface area contributed by atoms with Crippen LogP contribution in [0.4, 0.5) is 0 Å². The third-order valence-corrected chi connectivity index (χ3v) is 4.59. The van der Waals surface area contributed by atoms with E-state index in [9.17, 15) is 4.79 Å². The molecule has 20 heavy (non-hydrogen) atoms. The SMILES string of the molecule is CC(N)C1CCN(C(=O)c2cc3cccc(Br)c3o2)C1. The number of nitrogens with zero attached hydrogens (tertiary/aromatic N) is 1. The summed E-state index contributed by atoms with van der Waals surface area (Å²) in [6.45, 7) is 3.47. The normalized spacial score (nSPS) is 20.6. The number of rotatable bonds is 2. The van der Waals surface area contributed by atoms with E-state index in [1.165, 1.54) is 0 Å². The van der Waals surface area contributed by atoms with Crippen LogP contribution in [0.25, 0.3) is 11.0 Å². The summed E-state index contributed by atoms with van der Waals surface area (Å²) in [5, 5.41) is 0.936. The Hall–Kier alpha value is -1.33. The predicted molar refractivity (Wildman–Crippen MR) is 81.6 cm³/mol. The van der Waals surface area contributed by atoms with Gasteiger partial charge in [0.15, 0.2) is 5.76 Å². The van der Waals surface area contributed by atoms with Crippen molar-refractivity contribution >= 4 is 32.8 Å². The fraction of sp³-hybridized carbons (Fsp3) is 0.400. The van der Waals surface area contributed by atoms with Gasteiger partial charge >= 0.3 is 0 Å². The van der Waals surface area contributed by atoms with E-state index >= 15 is 0 Å². The Bertz CT molecular complexity index is 650. The van der Waals surface area contributed by atoms with Gasteiger partial charge in [-0.1, -0.05) is 12.1 Å². The largest absolute Gasteiger partial charge is 0.450 e. The average molecular weight is 337 g/mol. The molecular weight excluding hydrogens is 320 g/mol. The number of para-hydroxylation sites is 1. The molecule has 4 nitrogen and oxygen atoms in total. The number of carbonyl (C=O) groups is 1. The van der Waals surface area contributed by atoms with E-state index in [1.807, 2.05) is 36.1 Å². The van der Waals surface area contributed by atoms with E-state index in [1.54, 1.807) is 0 Å². The van der Waals surface area contributed by atoms with Crippen molar-refractivity contribution in [3.63, 3.8) is 0 Å². The van der Waals surface area contributed by atoms with Crippen LogP contribution < -0.4 is 5.73 Å². The van der Waals surface area contributed by atoms with Crippen LogP contribution in [0.1, 0.15) is 23.9 Å². The lowest BCUT2D eigenvalue weighted by atomic mass is 10.0. The van der Waals surface area contributed by atoms with Crippen molar-refractivity contribution < 1.29 is 9.21 Å². The van der Waals surface area contributed by atoms with Gasteiger partial charge in [-0.25, -0.2) is 0 Å². The van der Waals surface area contributed by atoms with E-state index in [4.69, 9.17) is 10.2 Å². The van der Waals surface area contributed by atoms with Crippen LogP contribution in [0.2, 0.25) is 0 Å². The standard InChI is InChI=1S/C15H17BrN2O2/c1-9(17)11-5-6-18(8-11)15(19)13-7-10-3-2-4-12(16)14(10)20-13/h2-4,7,9,11H,5-6,8,17H2,1H3. The summed E-state index contributed by atoms with van der Waals surface area (Å²) in [4.78, 5) is 14.3. The molecule has 1 amide bonds. The molecule has 0 saturated carbocycles. The zero-order chi connectivity index (χ0) is 14.3. The number of fused-ring (bicyclic) bond motifs is 1. The van der Waals surface area contributed by atoms with Crippen molar-refractivity contribution in [1.82, 2.24) is 4.90 Å². The van der Waals surface area contributed by atoms with E-state index in [0.29, 0.717) is 18.2 Å². The predicted octanol–water partition coefficient (Wildman–Crippen LogP) is 3.00. The van der Waals surface area contributed by atoms with Gasteiger partial charge in [0, 0.05) is 24.5 Å². The molecule has 1 aliphatic heterocycles. The van der Waals surface area contributed by atoms with Crippen molar-refractivity contribution in [1.29, 1.82) is 0 Å². The monoisotopic (exact) mass is 336 g/mol. The van der Waals surface area contributed by atoms with Crippen LogP contribution in [-0.2, 0) is 0 Å². The van der Waals surface area contributed by atoms with Gasteiger partial charge in [0.1, 0.15) is 5.58 Å². The molecule has 2 unspecified atom stereocenters. The van der Waals surface area contributed by atoms with Gasteiger partial charge in [0.05, 0.1) is 4.47 Å². The van der Waals surface area contributed by atoms with E-state index < -0.39 is 0 Å². The molecule has 1 saturated heterocycles. The summed E-state index contributed by atoms with van der Waals surface area (Å²) in [6.07, 6.45) is 0.966.